The second-order valence-corrected chi connectivity index (χ2v) is 7.57. The van der Waals surface area contributed by atoms with Crippen molar-refractivity contribution < 1.29 is 13.2 Å². The Bertz CT molecular complexity index is 1550. The number of nitrogens with one attached hydrogen (secondary N) is 1. The molecule has 4 rings (SSSR count). The molecule has 13 heteroatoms. The Morgan fingerprint density at radius 2 is 1.79 bits per heavy atom. The van der Waals surface area contributed by atoms with Crippen LogP contribution in [0.4, 0.5) is 30.8 Å². The van der Waals surface area contributed by atoms with Crippen LogP contribution in [0.2, 0.25) is 5.02 Å². The highest BCUT2D eigenvalue weighted by Gasteiger charge is 2.23. The second kappa shape index (κ2) is 8.53. The maximum atomic E-state index is 14.8. The Balaban J connectivity index is 2.00. The number of aromatic nitrogens is 4. The van der Waals surface area contributed by atoms with E-state index in [2.05, 4.69) is 20.3 Å². The molecule has 1 atom stereocenters. The van der Waals surface area contributed by atoms with Crippen molar-refractivity contribution in [3.8, 4) is 11.8 Å². The van der Waals surface area contributed by atoms with Crippen molar-refractivity contribution in [3.05, 3.63) is 74.5 Å². The number of nitrogen functional groups attached to an aromatic ring is 2. The topological polar surface area (TPSA) is 149 Å². The third-order valence-corrected chi connectivity index (χ3v) is 5.16. The van der Waals surface area contributed by atoms with Crippen LogP contribution in [0.25, 0.3) is 16.6 Å². The van der Waals surface area contributed by atoms with Crippen LogP contribution in [0, 0.1) is 28.8 Å². The number of rotatable bonds is 4. The van der Waals surface area contributed by atoms with E-state index in [0.717, 1.165) is 16.7 Å². The molecule has 0 saturated heterocycles. The van der Waals surface area contributed by atoms with Crippen molar-refractivity contribution in [2.75, 3.05) is 16.8 Å². The van der Waals surface area contributed by atoms with Gasteiger partial charge in [0, 0.05) is 6.07 Å². The van der Waals surface area contributed by atoms with E-state index >= 15 is 0 Å². The third-order valence-electron chi connectivity index (χ3n) is 4.87. The van der Waals surface area contributed by atoms with Crippen molar-refractivity contribution in [2.24, 2.45) is 0 Å². The summed E-state index contributed by atoms with van der Waals surface area (Å²) in [5.74, 6) is -3.52. The predicted octanol–water partition coefficient (Wildman–Crippen LogP) is 3.46. The van der Waals surface area contributed by atoms with Gasteiger partial charge in [0.05, 0.1) is 22.3 Å². The first-order valence-electron chi connectivity index (χ1n) is 9.57. The molecule has 0 spiro atoms. The minimum atomic E-state index is -1.03. The molecule has 2 heterocycles. The summed E-state index contributed by atoms with van der Waals surface area (Å²) in [4.78, 5) is 25.4. The fraction of sp³-hybridized carbons (Fsp3) is 0.0952. The molecule has 34 heavy (non-hydrogen) atoms. The van der Waals surface area contributed by atoms with Crippen molar-refractivity contribution in [3.63, 3.8) is 0 Å². The van der Waals surface area contributed by atoms with Crippen molar-refractivity contribution >= 4 is 40.1 Å². The molecule has 0 bridgehead atoms. The van der Waals surface area contributed by atoms with Crippen LogP contribution in [0.1, 0.15) is 24.4 Å². The van der Waals surface area contributed by atoms with E-state index in [-0.39, 0.29) is 45.2 Å². The quantitative estimate of drug-likeness (QED) is 0.397. The average Bonchev–Trinajstić information content (AvgIpc) is 2.75. The number of nitriles is 1. The van der Waals surface area contributed by atoms with Gasteiger partial charge in [-0.3, -0.25) is 9.36 Å². The minimum absolute atomic E-state index is 0.0501. The smallest absolute Gasteiger partial charge is 0.269 e. The first-order valence-corrected chi connectivity index (χ1v) is 9.95. The molecule has 172 valence electrons. The van der Waals surface area contributed by atoms with Gasteiger partial charge in [0.25, 0.3) is 5.56 Å². The van der Waals surface area contributed by atoms with E-state index in [1.165, 1.54) is 19.1 Å². The maximum Gasteiger partial charge on any atom is 0.269 e. The van der Waals surface area contributed by atoms with E-state index in [1.807, 2.05) is 6.07 Å². The molecule has 9 nitrogen and oxygen atoms in total. The van der Waals surface area contributed by atoms with E-state index in [9.17, 15) is 23.2 Å². The zero-order valence-corrected chi connectivity index (χ0v) is 18.0. The molecule has 0 saturated carbocycles. The molecule has 0 fully saturated rings. The zero-order chi connectivity index (χ0) is 24.7. The lowest BCUT2D eigenvalue weighted by atomic mass is 10.2. The maximum absolute atomic E-state index is 14.8. The summed E-state index contributed by atoms with van der Waals surface area (Å²) in [6.07, 6.45) is 0. The Morgan fingerprint density at radius 1 is 1.12 bits per heavy atom. The fourth-order valence-electron chi connectivity index (χ4n) is 3.42. The van der Waals surface area contributed by atoms with Gasteiger partial charge in [-0.2, -0.15) is 15.2 Å². The van der Waals surface area contributed by atoms with Gasteiger partial charge < -0.3 is 16.8 Å². The molecule has 0 amide bonds. The number of halogens is 4. The Hall–Kier alpha value is -4.37. The highest BCUT2D eigenvalue weighted by atomic mass is 35.5. The van der Waals surface area contributed by atoms with Crippen molar-refractivity contribution in [2.45, 2.75) is 13.0 Å². The number of fused-ring (bicyclic) bond motifs is 1. The summed E-state index contributed by atoms with van der Waals surface area (Å²) in [6, 6.07) is 5.86. The van der Waals surface area contributed by atoms with Crippen LogP contribution >= 0.6 is 11.6 Å². The number of anilines is 3. The van der Waals surface area contributed by atoms with Crippen molar-refractivity contribution in [1.82, 2.24) is 19.5 Å². The average molecular weight is 487 g/mol. The van der Waals surface area contributed by atoms with Crippen LogP contribution in [0.3, 0.4) is 0 Å². The molecule has 0 unspecified atom stereocenters. The molecular weight excluding hydrogens is 473 g/mol. The normalized spacial score (nSPS) is 11.9. The molecular formula is C21H14ClF3N8O. The highest BCUT2D eigenvalue weighted by molar-refractivity contribution is 6.31. The molecule has 5 N–H and O–H groups in total. The lowest BCUT2D eigenvalue weighted by molar-refractivity contribution is 0.579. The van der Waals surface area contributed by atoms with Gasteiger partial charge in [-0.05, 0) is 31.2 Å². The van der Waals surface area contributed by atoms with Gasteiger partial charge in [0.2, 0.25) is 5.95 Å². The van der Waals surface area contributed by atoms with E-state index in [1.54, 1.807) is 0 Å². The van der Waals surface area contributed by atoms with Gasteiger partial charge >= 0.3 is 0 Å². The summed E-state index contributed by atoms with van der Waals surface area (Å²) in [7, 11) is 0. The van der Waals surface area contributed by atoms with Gasteiger partial charge in [-0.15, -0.1) is 0 Å². The van der Waals surface area contributed by atoms with Crippen LogP contribution in [0.5, 0.6) is 0 Å². The largest absolute Gasteiger partial charge is 0.382 e. The molecule has 4 aromatic rings. The van der Waals surface area contributed by atoms with Crippen LogP contribution in [-0.4, -0.2) is 19.5 Å². The summed E-state index contributed by atoms with van der Waals surface area (Å²) < 4.78 is 43.6. The summed E-state index contributed by atoms with van der Waals surface area (Å²) in [5, 5.41) is 11.5. The highest BCUT2D eigenvalue weighted by Crippen LogP contribution is 2.27. The van der Waals surface area contributed by atoms with E-state index < -0.39 is 34.4 Å². The Kier molecular flexibility index (Phi) is 5.72. The van der Waals surface area contributed by atoms with E-state index in [4.69, 9.17) is 23.1 Å². The SMILES string of the molecule is C[C@H](Nc1nc(N)nc(N)c1C#N)c1nc2ccc(Cl)c(F)c2c(=O)n1-c1cc(F)cc(F)c1. The van der Waals surface area contributed by atoms with Gasteiger partial charge in [-0.25, -0.2) is 18.2 Å². The van der Waals surface area contributed by atoms with Crippen LogP contribution in [-0.2, 0) is 0 Å². The third kappa shape index (κ3) is 3.93. The Morgan fingerprint density at radius 3 is 2.44 bits per heavy atom. The molecule has 2 aromatic carbocycles. The summed E-state index contributed by atoms with van der Waals surface area (Å²) in [5.41, 5.74) is 9.97. The Labute approximate surface area is 194 Å². The minimum Gasteiger partial charge on any atom is -0.382 e. The monoisotopic (exact) mass is 486 g/mol. The van der Waals surface area contributed by atoms with Gasteiger partial charge in [0.15, 0.2) is 11.6 Å². The molecule has 0 aliphatic carbocycles. The molecule has 0 aliphatic rings. The predicted molar refractivity (Wildman–Crippen MR) is 120 cm³/mol. The number of benzene rings is 2. The van der Waals surface area contributed by atoms with Crippen LogP contribution in [0.15, 0.2) is 35.1 Å². The van der Waals surface area contributed by atoms with Gasteiger partial charge in [-0.1, -0.05) is 11.6 Å². The lowest BCUT2D eigenvalue weighted by Gasteiger charge is -2.21. The summed E-state index contributed by atoms with van der Waals surface area (Å²) in [6.45, 7) is 1.53. The van der Waals surface area contributed by atoms with Gasteiger partial charge in [0.1, 0.15) is 40.3 Å². The van der Waals surface area contributed by atoms with Crippen LogP contribution < -0.4 is 22.3 Å². The first-order chi connectivity index (χ1) is 16.1. The fourth-order valence-corrected chi connectivity index (χ4v) is 3.57. The number of nitrogens with zero attached hydrogens (tertiary/aromatic N) is 5. The lowest BCUT2D eigenvalue weighted by Crippen LogP contribution is -2.28. The zero-order valence-electron chi connectivity index (χ0n) is 17.3. The first kappa shape index (κ1) is 22.8. The molecule has 2 aromatic heterocycles. The number of nitrogens with two attached hydrogens (primary N) is 2. The summed E-state index contributed by atoms with van der Waals surface area (Å²) >= 11 is 5.83. The number of hydrogen-bond donors (Lipinski definition) is 3. The van der Waals surface area contributed by atoms with Crippen molar-refractivity contribution in [1.29, 1.82) is 5.26 Å². The molecule has 0 radical (unpaired) electrons. The second-order valence-electron chi connectivity index (χ2n) is 7.16. The number of hydrogen-bond acceptors (Lipinski definition) is 8. The van der Waals surface area contributed by atoms with E-state index in [0.29, 0.717) is 6.07 Å². The molecule has 0 aliphatic heterocycles. The standard InChI is InChI=1S/C21H14ClF3N8O/c1-8(29-18-12(7-26)17(27)31-21(28)32-18)19-30-14-3-2-13(22)16(25)15(14)20(34)33(19)11-5-9(23)4-10(24)6-11/h2-6,8H,1H3,(H5,27,28,29,31,32)/t8-/m0/s1.